The molecule has 0 aromatic heterocycles. The first-order valence-corrected chi connectivity index (χ1v) is 6.78. The van der Waals surface area contributed by atoms with Crippen molar-refractivity contribution in [2.24, 2.45) is 0 Å². The van der Waals surface area contributed by atoms with Gasteiger partial charge in [-0.15, -0.1) is 0 Å². The van der Waals surface area contributed by atoms with Crippen molar-refractivity contribution in [3.05, 3.63) is 29.8 Å². The predicted molar refractivity (Wildman–Crippen MR) is 76.9 cm³/mol. The maximum atomic E-state index is 11.0. The SMILES string of the molecule is CCOC(=O)COCCN[C@@H](C)c1ccc(OC)cc1. The van der Waals surface area contributed by atoms with Crippen LogP contribution in [0.4, 0.5) is 0 Å². The van der Waals surface area contributed by atoms with Crippen molar-refractivity contribution >= 4 is 5.97 Å². The monoisotopic (exact) mass is 281 g/mol. The van der Waals surface area contributed by atoms with Crippen molar-refractivity contribution in [1.82, 2.24) is 5.32 Å². The molecule has 1 rings (SSSR count). The van der Waals surface area contributed by atoms with Gasteiger partial charge in [-0.1, -0.05) is 12.1 Å². The number of rotatable bonds is 9. The Labute approximate surface area is 120 Å². The number of hydrogen-bond acceptors (Lipinski definition) is 5. The molecular formula is C15H23NO4. The molecule has 1 N–H and O–H groups in total. The van der Waals surface area contributed by atoms with Crippen molar-refractivity contribution < 1.29 is 19.0 Å². The second kappa shape index (κ2) is 9.34. The zero-order valence-corrected chi connectivity index (χ0v) is 12.3. The summed E-state index contributed by atoms with van der Waals surface area (Å²) in [5, 5.41) is 3.32. The Hall–Kier alpha value is -1.59. The topological polar surface area (TPSA) is 56.8 Å². The Kier molecular flexibility index (Phi) is 7.69. The van der Waals surface area contributed by atoms with E-state index in [-0.39, 0.29) is 18.6 Å². The molecule has 0 aliphatic carbocycles. The van der Waals surface area contributed by atoms with Crippen LogP contribution in [0.5, 0.6) is 5.75 Å². The Bertz CT molecular complexity index is 391. The lowest BCUT2D eigenvalue weighted by Crippen LogP contribution is -2.24. The summed E-state index contributed by atoms with van der Waals surface area (Å²) in [6.07, 6.45) is 0. The normalized spacial score (nSPS) is 11.9. The van der Waals surface area contributed by atoms with Gasteiger partial charge >= 0.3 is 5.97 Å². The molecule has 0 saturated heterocycles. The third kappa shape index (κ3) is 6.04. The molecule has 20 heavy (non-hydrogen) atoms. The van der Waals surface area contributed by atoms with Crippen molar-refractivity contribution in [2.75, 3.05) is 33.5 Å². The van der Waals surface area contributed by atoms with Gasteiger partial charge in [-0.3, -0.25) is 0 Å². The average Bonchev–Trinajstić information content (AvgIpc) is 2.47. The summed E-state index contributed by atoms with van der Waals surface area (Å²) in [5.41, 5.74) is 1.18. The number of hydrogen-bond donors (Lipinski definition) is 1. The molecule has 0 heterocycles. The molecule has 0 amide bonds. The first-order valence-electron chi connectivity index (χ1n) is 6.78. The van der Waals surface area contributed by atoms with Crippen molar-refractivity contribution in [3.63, 3.8) is 0 Å². The summed E-state index contributed by atoms with van der Waals surface area (Å²) in [5.74, 6) is 0.523. The standard InChI is InChI=1S/C15H23NO4/c1-4-20-15(17)11-19-10-9-16-12(2)13-5-7-14(18-3)8-6-13/h5-8,12,16H,4,9-11H2,1-3H3/t12-/m0/s1. The molecule has 1 aromatic rings. The van der Waals surface area contributed by atoms with E-state index in [2.05, 4.69) is 12.2 Å². The highest BCUT2D eigenvalue weighted by atomic mass is 16.6. The van der Waals surface area contributed by atoms with Crippen LogP contribution in [0.15, 0.2) is 24.3 Å². The highest BCUT2D eigenvalue weighted by Crippen LogP contribution is 2.16. The van der Waals surface area contributed by atoms with Crippen LogP contribution in [0.25, 0.3) is 0 Å². The molecule has 0 aliphatic heterocycles. The van der Waals surface area contributed by atoms with E-state index in [0.717, 1.165) is 5.75 Å². The van der Waals surface area contributed by atoms with Gasteiger partial charge in [-0.25, -0.2) is 4.79 Å². The average molecular weight is 281 g/mol. The zero-order valence-electron chi connectivity index (χ0n) is 12.3. The van der Waals surface area contributed by atoms with Crippen LogP contribution in [-0.2, 0) is 14.3 Å². The van der Waals surface area contributed by atoms with Gasteiger partial charge < -0.3 is 19.5 Å². The summed E-state index contributed by atoms with van der Waals surface area (Å²) in [4.78, 5) is 11.0. The summed E-state index contributed by atoms with van der Waals surface area (Å²) < 4.78 is 15.1. The summed E-state index contributed by atoms with van der Waals surface area (Å²) in [6, 6.07) is 8.13. The van der Waals surface area contributed by atoms with Crippen LogP contribution < -0.4 is 10.1 Å². The molecule has 0 bridgehead atoms. The summed E-state index contributed by atoms with van der Waals surface area (Å²) in [6.45, 7) is 5.39. The molecule has 1 aromatic carbocycles. The van der Waals surface area contributed by atoms with Crippen molar-refractivity contribution in [1.29, 1.82) is 0 Å². The van der Waals surface area contributed by atoms with E-state index in [1.54, 1.807) is 14.0 Å². The van der Waals surface area contributed by atoms with Crippen LogP contribution >= 0.6 is 0 Å². The quantitative estimate of drug-likeness (QED) is 0.553. The van der Waals surface area contributed by atoms with Gasteiger partial charge in [0.25, 0.3) is 0 Å². The first-order chi connectivity index (χ1) is 9.67. The van der Waals surface area contributed by atoms with Crippen LogP contribution in [0.3, 0.4) is 0 Å². The van der Waals surface area contributed by atoms with Gasteiger partial charge in [-0.05, 0) is 31.5 Å². The van der Waals surface area contributed by atoms with E-state index in [9.17, 15) is 4.79 Å². The zero-order chi connectivity index (χ0) is 14.8. The van der Waals surface area contributed by atoms with Gasteiger partial charge in [-0.2, -0.15) is 0 Å². The predicted octanol–water partition coefficient (Wildman–Crippen LogP) is 1.93. The molecule has 0 aliphatic rings. The first kappa shape index (κ1) is 16.5. The van der Waals surface area contributed by atoms with E-state index < -0.39 is 0 Å². The minimum Gasteiger partial charge on any atom is -0.497 e. The highest BCUT2D eigenvalue weighted by molar-refractivity contribution is 5.70. The van der Waals surface area contributed by atoms with Crippen LogP contribution in [0.1, 0.15) is 25.5 Å². The van der Waals surface area contributed by atoms with Crippen LogP contribution in [0.2, 0.25) is 0 Å². The maximum Gasteiger partial charge on any atom is 0.332 e. The Morgan fingerprint density at radius 3 is 2.60 bits per heavy atom. The summed E-state index contributed by atoms with van der Waals surface area (Å²) in [7, 11) is 1.65. The van der Waals surface area contributed by atoms with Gasteiger partial charge in [0.15, 0.2) is 0 Å². The number of esters is 1. The molecule has 0 fully saturated rings. The smallest absolute Gasteiger partial charge is 0.332 e. The van der Waals surface area contributed by atoms with Crippen LogP contribution in [0, 0.1) is 0 Å². The molecule has 0 saturated carbocycles. The number of carbonyl (C=O) groups is 1. The van der Waals surface area contributed by atoms with Gasteiger partial charge in [0.05, 0.1) is 20.3 Å². The lowest BCUT2D eigenvalue weighted by Gasteiger charge is -2.14. The second-order valence-electron chi connectivity index (χ2n) is 4.31. The Balaban J connectivity index is 2.19. The minimum absolute atomic E-state index is 0.00639. The fourth-order valence-electron chi connectivity index (χ4n) is 1.72. The number of ether oxygens (including phenoxy) is 3. The molecule has 0 unspecified atom stereocenters. The van der Waals surface area contributed by atoms with E-state index in [1.165, 1.54) is 5.56 Å². The van der Waals surface area contributed by atoms with E-state index in [1.807, 2.05) is 24.3 Å². The molecule has 0 radical (unpaired) electrons. The van der Waals surface area contributed by atoms with Gasteiger partial charge in [0, 0.05) is 12.6 Å². The fourth-order valence-corrected chi connectivity index (χ4v) is 1.72. The Morgan fingerprint density at radius 2 is 2.00 bits per heavy atom. The molecule has 5 heteroatoms. The van der Waals surface area contributed by atoms with Crippen molar-refractivity contribution in [3.8, 4) is 5.75 Å². The molecule has 0 spiro atoms. The molecule has 1 atom stereocenters. The number of nitrogens with one attached hydrogen (secondary N) is 1. The molecule has 112 valence electrons. The van der Waals surface area contributed by atoms with Gasteiger partial charge in [0.1, 0.15) is 12.4 Å². The molecule has 5 nitrogen and oxygen atoms in total. The second-order valence-corrected chi connectivity index (χ2v) is 4.31. The van der Waals surface area contributed by atoms with E-state index in [0.29, 0.717) is 19.8 Å². The number of carbonyl (C=O) groups excluding carboxylic acids is 1. The van der Waals surface area contributed by atoms with E-state index >= 15 is 0 Å². The lowest BCUT2D eigenvalue weighted by atomic mass is 10.1. The van der Waals surface area contributed by atoms with Gasteiger partial charge in [0.2, 0.25) is 0 Å². The third-order valence-corrected chi connectivity index (χ3v) is 2.84. The highest BCUT2D eigenvalue weighted by Gasteiger charge is 2.05. The minimum atomic E-state index is -0.323. The largest absolute Gasteiger partial charge is 0.497 e. The number of benzene rings is 1. The van der Waals surface area contributed by atoms with Crippen molar-refractivity contribution in [2.45, 2.75) is 19.9 Å². The maximum absolute atomic E-state index is 11.0. The third-order valence-electron chi connectivity index (χ3n) is 2.84. The van der Waals surface area contributed by atoms with Crippen LogP contribution in [-0.4, -0.2) is 39.4 Å². The number of methoxy groups -OCH3 is 1. The lowest BCUT2D eigenvalue weighted by molar-refractivity contribution is -0.148. The molecular weight excluding hydrogens is 258 g/mol. The Morgan fingerprint density at radius 1 is 1.30 bits per heavy atom. The summed E-state index contributed by atoms with van der Waals surface area (Å²) >= 11 is 0. The fraction of sp³-hybridized carbons (Fsp3) is 0.533. The van der Waals surface area contributed by atoms with E-state index in [4.69, 9.17) is 14.2 Å².